The summed E-state index contributed by atoms with van der Waals surface area (Å²) < 4.78 is 4.60. The lowest BCUT2D eigenvalue weighted by Gasteiger charge is -1.95. The number of unbranched alkanes of at least 4 members (excludes halogenated alkanes) is 2. The summed E-state index contributed by atoms with van der Waals surface area (Å²) in [5, 5.41) is 0. The van der Waals surface area contributed by atoms with Crippen LogP contribution < -0.4 is 0 Å². The highest BCUT2D eigenvalue weighted by atomic mass is 32.2. The van der Waals surface area contributed by atoms with Crippen molar-refractivity contribution in [1.82, 2.24) is 0 Å². The Bertz CT molecular complexity index is 44.3. The molecule has 9 heavy (non-hydrogen) atoms. The van der Waals surface area contributed by atoms with Gasteiger partial charge >= 0.3 is 0 Å². The summed E-state index contributed by atoms with van der Waals surface area (Å²) >= 11 is 1.37. The van der Waals surface area contributed by atoms with Gasteiger partial charge < -0.3 is 0 Å². The van der Waals surface area contributed by atoms with Crippen LogP contribution in [-0.2, 0) is 9.22 Å². The van der Waals surface area contributed by atoms with E-state index in [0.29, 0.717) is 0 Å². The topological polar surface area (TPSA) is 18.5 Å². The number of rotatable bonds is 6. The van der Waals surface area contributed by atoms with Crippen molar-refractivity contribution in [1.29, 1.82) is 0 Å². The Morgan fingerprint density at radius 3 is 2.67 bits per heavy atom. The maximum atomic E-state index is 4.60. The third-order valence-electron chi connectivity index (χ3n) is 0.947. The van der Waals surface area contributed by atoms with Crippen molar-refractivity contribution in [3.8, 4) is 0 Å². The second-order valence-corrected chi connectivity index (χ2v) is 2.54. The first-order valence-corrected chi connectivity index (χ1v) is 4.15. The summed E-state index contributed by atoms with van der Waals surface area (Å²) in [5.41, 5.74) is 0. The summed E-state index contributed by atoms with van der Waals surface area (Å²) in [6.45, 7) is 2.18. The second-order valence-electron chi connectivity index (χ2n) is 1.76. The highest BCUT2D eigenvalue weighted by molar-refractivity contribution is 7.94. The van der Waals surface area contributed by atoms with Gasteiger partial charge in [0.25, 0.3) is 0 Å². The molecule has 0 aromatic heterocycles. The van der Waals surface area contributed by atoms with E-state index < -0.39 is 0 Å². The van der Waals surface area contributed by atoms with Gasteiger partial charge in [0, 0.05) is 17.8 Å². The van der Waals surface area contributed by atoms with Crippen LogP contribution in [0, 0.1) is 0 Å². The molecule has 0 radical (unpaired) electrons. The highest BCUT2D eigenvalue weighted by Gasteiger charge is 1.87. The zero-order valence-corrected chi connectivity index (χ0v) is 6.87. The van der Waals surface area contributed by atoms with Gasteiger partial charge in [-0.3, -0.25) is 0 Å². The first-order chi connectivity index (χ1) is 4.41. The number of hydrogen-bond donors (Lipinski definition) is 0. The molecule has 0 N–H and O–H groups in total. The van der Waals surface area contributed by atoms with Crippen molar-refractivity contribution in [2.75, 3.05) is 12.9 Å². The van der Waals surface area contributed by atoms with Crippen LogP contribution in [0.5, 0.6) is 0 Å². The maximum absolute atomic E-state index is 4.60. The van der Waals surface area contributed by atoms with E-state index in [1.165, 1.54) is 38.4 Å². The average molecular weight is 150 g/mol. The summed E-state index contributed by atoms with van der Waals surface area (Å²) in [6, 6.07) is 0. The molecule has 0 atom stereocenters. The van der Waals surface area contributed by atoms with Gasteiger partial charge in [0.2, 0.25) is 0 Å². The molecule has 0 spiro atoms. The predicted octanol–water partition coefficient (Wildman–Crippen LogP) is 2.40. The standard InChI is InChI=1S/C6H14O2S/c1-3-4-5-6-9-8-7-2/h3-6H2,1-2H3. The first kappa shape index (κ1) is 9.27. The summed E-state index contributed by atoms with van der Waals surface area (Å²) in [6.07, 6.45) is 3.75. The van der Waals surface area contributed by atoms with Crippen LogP contribution >= 0.6 is 12.0 Å². The van der Waals surface area contributed by atoms with Crippen LogP contribution in [0.4, 0.5) is 0 Å². The lowest BCUT2D eigenvalue weighted by molar-refractivity contribution is -0.160. The quantitative estimate of drug-likeness (QED) is 0.251. The predicted molar refractivity (Wildman–Crippen MR) is 40.1 cm³/mol. The van der Waals surface area contributed by atoms with Gasteiger partial charge in [0.15, 0.2) is 0 Å². The van der Waals surface area contributed by atoms with Crippen molar-refractivity contribution in [2.45, 2.75) is 26.2 Å². The molecule has 56 valence electrons. The van der Waals surface area contributed by atoms with E-state index in [1.807, 2.05) is 0 Å². The molecule has 0 aromatic rings. The molecule has 3 heteroatoms. The Balaban J connectivity index is 2.60. The van der Waals surface area contributed by atoms with Crippen LogP contribution in [0.2, 0.25) is 0 Å². The van der Waals surface area contributed by atoms with Gasteiger partial charge in [-0.25, -0.2) is 4.89 Å². The molecule has 0 bridgehead atoms. The third kappa shape index (κ3) is 8.27. The van der Waals surface area contributed by atoms with Crippen LogP contribution in [0.3, 0.4) is 0 Å². The third-order valence-corrected chi connectivity index (χ3v) is 1.64. The molecule has 0 saturated carbocycles. The molecule has 0 fully saturated rings. The van der Waals surface area contributed by atoms with E-state index in [2.05, 4.69) is 16.1 Å². The Kier molecular flexibility index (Phi) is 8.52. The highest BCUT2D eigenvalue weighted by Crippen LogP contribution is 2.06. The monoisotopic (exact) mass is 150 g/mol. The molecule has 0 heterocycles. The fraction of sp³-hybridized carbons (Fsp3) is 1.00. The van der Waals surface area contributed by atoms with E-state index in [9.17, 15) is 0 Å². The SMILES string of the molecule is CCCCCSOOC. The smallest absolute Gasteiger partial charge is 0.0725 e. The normalized spacial score (nSPS) is 10.0. The van der Waals surface area contributed by atoms with Gasteiger partial charge in [-0.05, 0) is 6.42 Å². The van der Waals surface area contributed by atoms with Crippen LogP contribution in [0.25, 0.3) is 0 Å². The maximum Gasteiger partial charge on any atom is 0.0725 e. The first-order valence-electron chi connectivity index (χ1n) is 3.24. The van der Waals surface area contributed by atoms with E-state index in [4.69, 9.17) is 0 Å². The Morgan fingerprint density at radius 2 is 2.11 bits per heavy atom. The Hall–Kier alpha value is 0.270. The van der Waals surface area contributed by atoms with Crippen molar-refractivity contribution in [3.63, 3.8) is 0 Å². The molecule has 0 aromatic carbocycles. The molecular weight excluding hydrogens is 136 g/mol. The van der Waals surface area contributed by atoms with E-state index in [1.54, 1.807) is 0 Å². The van der Waals surface area contributed by atoms with Gasteiger partial charge in [-0.2, -0.15) is 4.33 Å². The molecule has 0 rings (SSSR count). The summed E-state index contributed by atoms with van der Waals surface area (Å²) in [7, 11) is 1.52. The largest absolute Gasteiger partial charge is 0.228 e. The van der Waals surface area contributed by atoms with E-state index >= 15 is 0 Å². The molecule has 0 aliphatic rings. The zero-order chi connectivity index (χ0) is 6.95. The summed E-state index contributed by atoms with van der Waals surface area (Å²) in [4.78, 5) is 4.38. The average Bonchev–Trinajstić information content (AvgIpc) is 1.89. The van der Waals surface area contributed by atoms with Gasteiger partial charge in [0.1, 0.15) is 0 Å². The number of hydrogen-bond acceptors (Lipinski definition) is 3. The molecule has 0 aliphatic heterocycles. The van der Waals surface area contributed by atoms with Gasteiger partial charge in [0.05, 0.1) is 7.11 Å². The molecule has 0 amide bonds. The molecule has 2 nitrogen and oxygen atoms in total. The minimum atomic E-state index is 1.03. The van der Waals surface area contributed by atoms with Gasteiger partial charge in [-0.1, -0.05) is 19.8 Å². The molecule has 0 aliphatic carbocycles. The fourth-order valence-corrected chi connectivity index (χ4v) is 0.979. The molecule has 0 unspecified atom stereocenters. The minimum absolute atomic E-state index is 1.03. The van der Waals surface area contributed by atoms with Crippen LogP contribution in [0.1, 0.15) is 26.2 Å². The minimum Gasteiger partial charge on any atom is -0.228 e. The Labute approximate surface area is 61.1 Å². The van der Waals surface area contributed by atoms with E-state index in [-0.39, 0.29) is 0 Å². The summed E-state index contributed by atoms with van der Waals surface area (Å²) in [5.74, 6) is 1.03. The van der Waals surface area contributed by atoms with Crippen LogP contribution in [0.15, 0.2) is 0 Å². The van der Waals surface area contributed by atoms with Crippen molar-refractivity contribution >= 4 is 12.0 Å². The second kappa shape index (κ2) is 8.27. The van der Waals surface area contributed by atoms with Crippen molar-refractivity contribution in [2.24, 2.45) is 0 Å². The molecule has 0 saturated heterocycles. The molecular formula is C6H14O2S. The van der Waals surface area contributed by atoms with Gasteiger partial charge in [-0.15, -0.1) is 0 Å². The Morgan fingerprint density at radius 1 is 1.33 bits per heavy atom. The lowest BCUT2D eigenvalue weighted by atomic mass is 10.3. The van der Waals surface area contributed by atoms with Crippen molar-refractivity contribution in [3.05, 3.63) is 0 Å². The fourth-order valence-electron chi connectivity index (χ4n) is 0.493. The van der Waals surface area contributed by atoms with Crippen molar-refractivity contribution < 1.29 is 9.22 Å². The van der Waals surface area contributed by atoms with E-state index in [0.717, 1.165) is 5.75 Å². The van der Waals surface area contributed by atoms with Crippen LogP contribution in [-0.4, -0.2) is 12.9 Å². The lowest BCUT2D eigenvalue weighted by Crippen LogP contribution is -1.82. The zero-order valence-electron chi connectivity index (χ0n) is 6.05.